The summed E-state index contributed by atoms with van der Waals surface area (Å²) in [5.41, 5.74) is 1.82. The Bertz CT molecular complexity index is 581. The van der Waals surface area contributed by atoms with E-state index in [-0.39, 0.29) is 12.1 Å². The first-order valence-electron chi connectivity index (χ1n) is 7.31. The zero-order valence-electron chi connectivity index (χ0n) is 12.8. The molecule has 2 rings (SSSR count). The van der Waals surface area contributed by atoms with Gasteiger partial charge in [0.25, 0.3) is 0 Å². The van der Waals surface area contributed by atoms with E-state index < -0.39 is 10.0 Å². The van der Waals surface area contributed by atoms with E-state index >= 15 is 0 Å². The van der Waals surface area contributed by atoms with Gasteiger partial charge in [0.05, 0.1) is 11.0 Å². The van der Waals surface area contributed by atoms with Gasteiger partial charge in [-0.15, -0.1) is 0 Å². The highest BCUT2D eigenvalue weighted by Crippen LogP contribution is 2.26. The van der Waals surface area contributed by atoms with E-state index in [0.29, 0.717) is 17.9 Å². The minimum absolute atomic E-state index is 0.0161. The maximum atomic E-state index is 12.6. The smallest absolute Gasteiger partial charge is 0.241 e. The predicted molar refractivity (Wildman–Crippen MR) is 82.7 cm³/mol. The predicted octanol–water partition coefficient (Wildman–Crippen LogP) is 1.42. The fourth-order valence-corrected chi connectivity index (χ4v) is 4.21. The summed E-state index contributed by atoms with van der Waals surface area (Å²) in [7, 11) is 0.0362. The second-order valence-electron chi connectivity index (χ2n) is 5.47. The molecule has 0 spiro atoms. The van der Waals surface area contributed by atoms with Gasteiger partial charge in [-0.3, -0.25) is 0 Å². The Hall–Kier alpha value is -0.950. The van der Waals surface area contributed by atoms with Crippen molar-refractivity contribution >= 4 is 10.0 Å². The minimum Gasteiger partial charge on any atom is -0.381 e. The van der Waals surface area contributed by atoms with Crippen molar-refractivity contribution in [2.45, 2.75) is 49.8 Å². The van der Waals surface area contributed by atoms with Gasteiger partial charge in [-0.1, -0.05) is 19.1 Å². The van der Waals surface area contributed by atoms with Crippen LogP contribution < -0.4 is 10.0 Å². The molecular formula is C15H24N2O3S. The molecular weight excluding hydrogens is 288 g/mol. The van der Waals surface area contributed by atoms with Crippen LogP contribution in [0, 0.1) is 0 Å². The molecule has 0 aromatic heterocycles. The summed E-state index contributed by atoms with van der Waals surface area (Å²) >= 11 is 0. The van der Waals surface area contributed by atoms with E-state index in [4.69, 9.17) is 4.74 Å². The van der Waals surface area contributed by atoms with Crippen LogP contribution in [0.4, 0.5) is 0 Å². The van der Waals surface area contributed by atoms with Gasteiger partial charge in [0.1, 0.15) is 0 Å². The standard InChI is InChI=1S/C15H24N2O3S/c1-4-12-6-5-11(10-16-2)7-15(12)21(18,19)17-13-8-14(9-13)20-3/h5-7,13-14,16-17H,4,8-10H2,1-3H3. The van der Waals surface area contributed by atoms with Gasteiger partial charge in [0, 0.05) is 19.7 Å². The Balaban J connectivity index is 2.19. The van der Waals surface area contributed by atoms with Gasteiger partial charge in [-0.2, -0.15) is 0 Å². The van der Waals surface area contributed by atoms with Crippen LogP contribution in [0.15, 0.2) is 23.1 Å². The summed E-state index contributed by atoms with van der Waals surface area (Å²) in [5, 5.41) is 3.04. The highest BCUT2D eigenvalue weighted by atomic mass is 32.2. The average Bonchev–Trinajstić information content (AvgIpc) is 2.42. The van der Waals surface area contributed by atoms with Crippen LogP contribution in [0.3, 0.4) is 0 Å². The molecule has 2 N–H and O–H groups in total. The maximum absolute atomic E-state index is 12.6. The number of benzene rings is 1. The van der Waals surface area contributed by atoms with Gasteiger partial charge in [0.15, 0.2) is 0 Å². The zero-order chi connectivity index (χ0) is 15.5. The fraction of sp³-hybridized carbons (Fsp3) is 0.600. The van der Waals surface area contributed by atoms with Crippen LogP contribution >= 0.6 is 0 Å². The molecule has 0 atom stereocenters. The lowest BCUT2D eigenvalue weighted by atomic mass is 9.90. The molecule has 1 aliphatic rings. The van der Waals surface area contributed by atoms with E-state index in [9.17, 15) is 8.42 Å². The molecule has 0 bridgehead atoms. The van der Waals surface area contributed by atoms with Crippen molar-refractivity contribution in [3.63, 3.8) is 0 Å². The summed E-state index contributed by atoms with van der Waals surface area (Å²) in [5.74, 6) is 0. The van der Waals surface area contributed by atoms with Crippen molar-refractivity contribution in [2.24, 2.45) is 0 Å². The van der Waals surface area contributed by atoms with Gasteiger partial charge in [-0.25, -0.2) is 13.1 Å². The molecule has 1 aromatic carbocycles. The summed E-state index contributed by atoms with van der Waals surface area (Å²) in [6.07, 6.45) is 2.36. The summed E-state index contributed by atoms with van der Waals surface area (Å²) in [6, 6.07) is 5.63. The third-order valence-corrected chi connectivity index (χ3v) is 5.54. The number of rotatable bonds is 7. The molecule has 1 aliphatic carbocycles. The normalized spacial score (nSPS) is 22.0. The molecule has 0 heterocycles. The number of hydrogen-bond donors (Lipinski definition) is 2. The van der Waals surface area contributed by atoms with Crippen LogP contribution in [0.2, 0.25) is 0 Å². The molecule has 6 heteroatoms. The average molecular weight is 312 g/mol. The monoisotopic (exact) mass is 312 g/mol. The van der Waals surface area contributed by atoms with Crippen molar-refractivity contribution in [1.29, 1.82) is 0 Å². The Labute approximate surface area is 127 Å². The van der Waals surface area contributed by atoms with Crippen molar-refractivity contribution in [3.8, 4) is 0 Å². The Morgan fingerprint density at radius 2 is 2.05 bits per heavy atom. The van der Waals surface area contributed by atoms with Gasteiger partial charge in [-0.05, 0) is 43.5 Å². The third-order valence-electron chi connectivity index (χ3n) is 3.93. The molecule has 0 amide bonds. The van der Waals surface area contributed by atoms with Crippen molar-refractivity contribution in [3.05, 3.63) is 29.3 Å². The lowest BCUT2D eigenvalue weighted by molar-refractivity contribution is 0.0236. The summed E-state index contributed by atoms with van der Waals surface area (Å²) in [4.78, 5) is 0.401. The molecule has 21 heavy (non-hydrogen) atoms. The Morgan fingerprint density at radius 3 is 2.62 bits per heavy atom. The Morgan fingerprint density at radius 1 is 1.33 bits per heavy atom. The third kappa shape index (κ3) is 3.83. The maximum Gasteiger partial charge on any atom is 0.241 e. The molecule has 0 radical (unpaired) electrons. The first kappa shape index (κ1) is 16.4. The van der Waals surface area contributed by atoms with Gasteiger partial charge >= 0.3 is 0 Å². The summed E-state index contributed by atoms with van der Waals surface area (Å²) in [6.45, 7) is 2.62. The van der Waals surface area contributed by atoms with E-state index in [2.05, 4.69) is 10.0 Å². The number of aryl methyl sites for hydroxylation is 1. The number of hydrogen-bond acceptors (Lipinski definition) is 4. The van der Waals surface area contributed by atoms with E-state index in [0.717, 1.165) is 24.0 Å². The van der Waals surface area contributed by atoms with E-state index in [1.54, 1.807) is 13.2 Å². The van der Waals surface area contributed by atoms with Crippen molar-refractivity contribution in [2.75, 3.05) is 14.2 Å². The molecule has 0 saturated heterocycles. The first-order valence-corrected chi connectivity index (χ1v) is 8.80. The molecule has 1 saturated carbocycles. The van der Waals surface area contributed by atoms with Crippen LogP contribution in [-0.4, -0.2) is 34.7 Å². The second kappa shape index (κ2) is 6.87. The number of methoxy groups -OCH3 is 1. The zero-order valence-corrected chi connectivity index (χ0v) is 13.7. The highest BCUT2D eigenvalue weighted by Gasteiger charge is 2.33. The molecule has 118 valence electrons. The topological polar surface area (TPSA) is 67.4 Å². The molecule has 5 nitrogen and oxygen atoms in total. The number of ether oxygens (including phenoxy) is 1. The SMILES string of the molecule is CCc1ccc(CNC)cc1S(=O)(=O)NC1CC(OC)C1. The van der Waals surface area contributed by atoms with Crippen LogP contribution in [0.25, 0.3) is 0 Å². The van der Waals surface area contributed by atoms with Crippen LogP contribution in [-0.2, 0) is 27.7 Å². The lowest BCUT2D eigenvalue weighted by Gasteiger charge is -2.34. The molecule has 0 unspecified atom stereocenters. The molecule has 0 aliphatic heterocycles. The fourth-order valence-electron chi connectivity index (χ4n) is 2.59. The Kier molecular flexibility index (Phi) is 5.37. The van der Waals surface area contributed by atoms with Gasteiger partial charge < -0.3 is 10.1 Å². The second-order valence-corrected chi connectivity index (χ2v) is 7.16. The van der Waals surface area contributed by atoms with Crippen molar-refractivity contribution in [1.82, 2.24) is 10.0 Å². The van der Waals surface area contributed by atoms with Crippen molar-refractivity contribution < 1.29 is 13.2 Å². The largest absolute Gasteiger partial charge is 0.381 e. The number of sulfonamides is 1. The first-order chi connectivity index (χ1) is 10.00. The number of nitrogens with one attached hydrogen (secondary N) is 2. The van der Waals surface area contributed by atoms with E-state index in [1.807, 2.05) is 26.1 Å². The van der Waals surface area contributed by atoms with E-state index in [1.165, 1.54) is 0 Å². The molecule has 1 aromatic rings. The van der Waals surface area contributed by atoms with Gasteiger partial charge in [0.2, 0.25) is 10.0 Å². The van der Waals surface area contributed by atoms with Crippen LogP contribution in [0.5, 0.6) is 0 Å². The molecule has 1 fully saturated rings. The van der Waals surface area contributed by atoms with Crippen LogP contribution in [0.1, 0.15) is 30.9 Å². The highest BCUT2D eigenvalue weighted by molar-refractivity contribution is 7.89. The summed E-state index contributed by atoms with van der Waals surface area (Å²) < 4.78 is 33.2. The minimum atomic E-state index is -3.47. The lowest BCUT2D eigenvalue weighted by Crippen LogP contribution is -2.47. The quantitative estimate of drug-likeness (QED) is 0.799.